The number of halogens is 6. The van der Waals surface area contributed by atoms with Crippen molar-refractivity contribution in [2.24, 2.45) is 5.92 Å². The van der Waals surface area contributed by atoms with Crippen molar-refractivity contribution in [3.05, 3.63) is 94.1 Å². The lowest BCUT2D eigenvalue weighted by atomic mass is 9.82. The van der Waals surface area contributed by atoms with Gasteiger partial charge in [0.25, 0.3) is 0 Å². The minimum absolute atomic E-state index is 0.0215. The molecule has 1 unspecified atom stereocenters. The van der Waals surface area contributed by atoms with E-state index in [0.29, 0.717) is 42.6 Å². The summed E-state index contributed by atoms with van der Waals surface area (Å²) in [5, 5.41) is 0. The van der Waals surface area contributed by atoms with Gasteiger partial charge in [-0.3, -0.25) is 0 Å². The van der Waals surface area contributed by atoms with Crippen LogP contribution in [0.1, 0.15) is 87.8 Å². The van der Waals surface area contributed by atoms with E-state index in [2.05, 4.69) is 0 Å². The largest absolute Gasteiger partial charge is 0.491 e. The second kappa shape index (κ2) is 14.2. The van der Waals surface area contributed by atoms with E-state index in [4.69, 9.17) is 9.47 Å². The summed E-state index contributed by atoms with van der Waals surface area (Å²) in [6, 6.07) is 8.52. The predicted molar refractivity (Wildman–Crippen MR) is 159 cm³/mol. The van der Waals surface area contributed by atoms with E-state index in [1.54, 1.807) is 19.1 Å². The van der Waals surface area contributed by atoms with Crippen LogP contribution >= 0.6 is 0 Å². The van der Waals surface area contributed by atoms with E-state index in [1.807, 2.05) is 13.0 Å². The van der Waals surface area contributed by atoms with Gasteiger partial charge in [0, 0.05) is 16.7 Å². The quantitative estimate of drug-likeness (QED) is 0.211. The zero-order chi connectivity index (χ0) is 31.4. The van der Waals surface area contributed by atoms with Crippen LogP contribution in [0.2, 0.25) is 0 Å². The monoisotopic (exact) mass is 616 g/mol. The fourth-order valence-corrected chi connectivity index (χ4v) is 6.49. The van der Waals surface area contributed by atoms with Gasteiger partial charge in [0.15, 0.2) is 34.8 Å². The lowest BCUT2D eigenvalue weighted by Crippen LogP contribution is -2.24. The Morgan fingerprint density at radius 1 is 0.682 bits per heavy atom. The highest BCUT2D eigenvalue weighted by atomic mass is 19.2. The average molecular weight is 617 g/mol. The first-order valence-corrected chi connectivity index (χ1v) is 15.6. The lowest BCUT2D eigenvalue weighted by Gasteiger charge is -2.31. The highest BCUT2D eigenvalue weighted by Gasteiger charge is 2.28. The van der Waals surface area contributed by atoms with Crippen LogP contribution in [-0.2, 0) is 11.2 Å². The van der Waals surface area contributed by atoms with Crippen molar-refractivity contribution in [3.8, 4) is 16.9 Å². The number of aryl methyl sites for hydroxylation is 1. The highest BCUT2D eigenvalue weighted by molar-refractivity contribution is 5.72. The minimum Gasteiger partial charge on any atom is -0.491 e. The Balaban J connectivity index is 1.16. The molecule has 0 amide bonds. The van der Waals surface area contributed by atoms with Gasteiger partial charge in [-0.15, -0.1) is 0 Å². The molecule has 44 heavy (non-hydrogen) atoms. The zero-order valence-corrected chi connectivity index (χ0v) is 25.1. The smallest absolute Gasteiger partial charge is 0.201 e. The van der Waals surface area contributed by atoms with Crippen LogP contribution in [0.15, 0.2) is 42.5 Å². The molecule has 2 aliphatic rings. The fourth-order valence-electron chi connectivity index (χ4n) is 6.49. The van der Waals surface area contributed by atoms with Crippen LogP contribution in [-0.4, -0.2) is 19.3 Å². The Morgan fingerprint density at radius 3 is 2.00 bits per heavy atom. The van der Waals surface area contributed by atoms with Crippen molar-refractivity contribution < 1.29 is 35.8 Å². The van der Waals surface area contributed by atoms with Gasteiger partial charge in [-0.25, -0.2) is 22.0 Å². The average Bonchev–Trinajstić information content (AvgIpc) is 3.03. The van der Waals surface area contributed by atoms with Crippen molar-refractivity contribution in [2.45, 2.75) is 83.7 Å². The maximum Gasteiger partial charge on any atom is 0.201 e. The molecule has 3 aromatic rings. The molecule has 0 spiro atoms. The molecule has 1 fully saturated rings. The van der Waals surface area contributed by atoms with Crippen molar-refractivity contribution in [1.29, 1.82) is 0 Å². The third kappa shape index (κ3) is 6.70. The SMILES string of the molecule is CCCc1ccc(C2CCC(OCC3CC=C(c4ccc(-c5ccc(OCC)c(F)c5F)c(F)c4F)CC3)CC2)c(F)c1F. The van der Waals surface area contributed by atoms with Crippen LogP contribution in [0.5, 0.6) is 5.75 Å². The molecule has 0 radical (unpaired) electrons. The molecule has 3 aromatic carbocycles. The molecule has 236 valence electrons. The Labute approximate surface area is 255 Å². The van der Waals surface area contributed by atoms with Gasteiger partial charge in [-0.05, 0) is 99.0 Å². The second-order valence-electron chi connectivity index (χ2n) is 11.8. The van der Waals surface area contributed by atoms with Gasteiger partial charge in [-0.1, -0.05) is 43.7 Å². The molecule has 8 heteroatoms. The van der Waals surface area contributed by atoms with Gasteiger partial charge in [0.1, 0.15) is 0 Å². The van der Waals surface area contributed by atoms with Crippen LogP contribution in [0.3, 0.4) is 0 Å². The second-order valence-corrected chi connectivity index (χ2v) is 11.8. The Kier molecular flexibility index (Phi) is 10.4. The molecule has 0 heterocycles. The van der Waals surface area contributed by atoms with Crippen molar-refractivity contribution in [1.82, 2.24) is 0 Å². The summed E-state index contributed by atoms with van der Waals surface area (Å²) in [4.78, 5) is 0. The number of ether oxygens (including phenoxy) is 2. The van der Waals surface area contributed by atoms with E-state index >= 15 is 8.78 Å². The molecule has 2 nitrogen and oxygen atoms in total. The third-order valence-electron chi connectivity index (χ3n) is 8.98. The number of benzene rings is 3. The first kappa shape index (κ1) is 32.1. The van der Waals surface area contributed by atoms with E-state index < -0.39 is 34.9 Å². The summed E-state index contributed by atoms with van der Waals surface area (Å²) in [6.07, 6.45) is 8.13. The standard InChI is InChI=1S/C36H38F6O2/c1-3-5-24-12-15-26(32(38)31(24)37)23-10-13-25(14-11-23)44-20-21-6-8-22(9-7-21)27-16-17-28(34(40)33(27)39)29-18-19-30(43-4-2)36(42)35(29)41/h8,12,15-19,21,23,25H,3-7,9-11,13-14,20H2,1-2H3. The van der Waals surface area contributed by atoms with Crippen LogP contribution in [0, 0.1) is 40.8 Å². The molecule has 1 atom stereocenters. The van der Waals surface area contributed by atoms with Gasteiger partial charge < -0.3 is 9.47 Å². The number of hydrogen-bond donors (Lipinski definition) is 0. The summed E-state index contributed by atoms with van der Waals surface area (Å²) in [5.41, 5.74) is 0.935. The van der Waals surface area contributed by atoms with Crippen LogP contribution < -0.4 is 4.74 Å². The van der Waals surface area contributed by atoms with E-state index in [-0.39, 0.29) is 47.0 Å². The van der Waals surface area contributed by atoms with Crippen molar-refractivity contribution in [2.75, 3.05) is 13.2 Å². The number of allylic oxidation sites excluding steroid dienone is 2. The Hall–Kier alpha value is -3.26. The lowest BCUT2D eigenvalue weighted by molar-refractivity contribution is 0.00322. The first-order chi connectivity index (χ1) is 21.2. The van der Waals surface area contributed by atoms with Crippen LogP contribution in [0.4, 0.5) is 26.3 Å². The van der Waals surface area contributed by atoms with Crippen molar-refractivity contribution >= 4 is 5.57 Å². The normalized spacial score (nSPS) is 20.5. The summed E-state index contributed by atoms with van der Waals surface area (Å²) < 4.78 is 99.7. The zero-order valence-electron chi connectivity index (χ0n) is 25.1. The molecule has 2 aliphatic carbocycles. The predicted octanol–water partition coefficient (Wildman–Crippen LogP) is 10.5. The highest BCUT2D eigenvalue weighted by Crippen LogP contribution is 2.39. The molecule has 0 saturated heterocycles. The van der Waals surface area contributed by atoms with Gasteiger partial charge in [0.05, 0.1) is 19.3 Å². The molecule has 5 rings (SSSR count). The molecular weight excluding hydrogens is 578 g/mol. The number of hydrogen-bond acceptors (Lipinski definition) is 2. The van der Waals surface area contributed by atoms with E-state index in [1.165, 1.54) is 24.3 Å². The summed E-state index contributed by atoms with van der Waals surface area (Å²) in [6.45, 7) is 4.24. The molecule has 0 bridgehead atoms. The Bertz CT molecular complexity index is 1510. The fraction of sp³-hybridized carbons (Fsp3) is 0.444. The first-order valence-electron chi connectivity index (χ1n) is 15.6. The summed E-state index contributed by atoms with van der Waals surface area (Å²) in [5.74, 6) is -6.38. The van der Waals surface area contributed by atoms with Gasteiger partial charge >= 0.3 is 0 Å². The molecule has 0 N–H and O–H groups in total. The third-order valence-corrected chi connectivity index (χ3v) is 8.98. The topological polar surface area (TPSA) is 18.5 Å². The summed E-state index contributed by atoms with van der Waals surface area (Å²) in [7, 11) is 0. The molecular formula is C36H38F6O2. The van der Waals surface area contributed by atoms with Gasteiger partial charge in [0.2, 0.25) is 5.82 Å². The molecule has 0 aliphatic heterocycles. The molecule has 1 saturated carbocycles. The maximum absolute atomic E-state index is 15.2. The van der Waals surface area contributed by atoms with E-state index in [9.17, 15) is 17.6 Å². The Morgan fingerprint density at radius 2 is 1.34 bits per heavy atom. The maximum atomic E-state index is 15.2. The van der Waals surface area contributed by atoms with Crippen molar-refractivity contribution in [3.63, 3.8) is 0 Å². The van der Waals surface area contributed by atoms with Gasteiger partial charge in [-0.2, -0.15) is 4.39 Å². The summed E-state index contributed by atoms with van der Waals surface area (Å²) >= 11 is 0. The van der Waals surface area contributed by atoms with E-state index in [0.717, 1.165) is 38.5 Å². The van der Waals surface area contributed by atoms with Crippen LogP contribution in [0.25, 0.3) is 16.7 Å². The minimum atomic E-state index is -1.29. The number of rotatable bonds is 10. The molecule has 0 aromatic heterocycles.